The molecule has 1 amide bonds. The highest BCUT2D eigenvalue weighted by molar-refractivity contribution is 8.00. The van der Waals surface area contributed by atoms with E-state index in [4.69, 9.17) is 0 Å². The second-order valence-electron chi connectivity index (χ2n) is 4.99. The van der Waals surface area contributed by atoms with Gasteiger partial charge in [0, 0.05) is 29.8 Å². The molecule has 0 saturated carbocycles. The Morgan fingerprint density at radius 3 is 3.00 bits per heavy atom. The van der Waals surface area contributed by atoms with Gasteiger partial charge in [0.05, 0.1) is 5.56 Å². The van der Waals surface area contributed by atoms with Crippen LogP contribution < -0.4 is 0 Å². The van der Waals surface area contributed by atoms with E-state index in [-0.39, 0.29) is 16.2 Å². The first-order chi connectivity index (χ1) is 8.49. The number of thioether (sulfide) groups is 1. The van der Waals surface area contributed by atoms with E-state index in [9.17, 15) is 9.18 Å². The number of rotatable bonds is 1. The number of aromatic nitrogens is 1. The fourth-order valence-corrected chi connectivity index (χ4v) is 3.04. The average molecular weight is 268 g/mol. The SMILES string of the molecule is CC1(C)CCN(C(=O)c2cccnc2F)CCS1. The predicted molar refractivity (Wildman–Crippen MR) is 71.3 cm³/mol. The molecule has 98 valence electrons. The van der Waals surface area contributed by atoms with Gasteiger partial charge in [0.1, 0.15) is 0 Å². The molecular weight excluding hydrogens is 251 g/mol. The zero-order valence-electron chi connectivity index (χ0n) is 10.6. The molecule has 0 N–H and O–H groups in total. The highest BCUT2D eigenvalue weighted by Gasteiger charge is 2.27. The molecule has 0 spiro atoms. The van der Waals surface area contributed by atoms with E-state index in [1.807, 2.05) is 11.8 Å². The van der Waals surface area contributed by atoms with Crippen molar-refractivity contribution in [3.05, 3.63) is 29.8 Å². The van der Waals surface area contributed by atoms with Crippen molar-refractivity contribution < 1.29 is 9.18 Å². The molecule has 2 heterocycles. The topological polar surface area (TPSA) is 33.2 Å². The van der Waals surface area contributed by atoms with Crippen LogP contribution in [-0.4, -0.2) is 39.4 Å². The molecule has 1 aromatic heterocycles. The number of carbonyl (C=O) groups is 1. The summed E-state index contributed by atoms with van der Waals surface area (Å²) in [7, 11) is 0. The van der Waals surface area contributed by atoms with Crippen LogP contribution in [0, 0.1) is 5.95 Å². The quantitative estimate of drug-likeness (QED) is 0.734. The van der Waals surface area contributed by atoms with Crippen molar-refractivity contribution in [2.24, 2.45) is 0 Å². The van der Waals surface area contributed by atoms with Crippen LogP contribution in [-0.2, 0) is 0 Å². The maximum Gasteiger partial charge on any atom is 0.258 e. The maximum atomic E-state index is 13.5. The summed E-state index contributed by atoms with van der Waals surface area (Å²) in [6.07, 6.45) is 2.28. The van der Waals surface area contributed by atoms with Crippen LogP contribution in [0.3, 0.4) is 0 Å². The lowest BCUT2D eigenvalue weighted by Gasteiger charge is -2.22. The van der Waals surface area contributed by atoms with Crippen LogP contribution in [0.15, 0.2) is 18.3 Å². The molecule has 0 radical (unpaired) electrons. The van der Waals surface area contributed by atoms with Crippen LogP contribution in [0.5, 0.6) is 0 Å². The molecular formula is C13H17FN2OS. The summed E-state index contributed by atoms with van der Waals surface area (Å²) in [5.41, 5.74) is 0.0715. The Morgan fingerprint density at radius 1 is 1.50 bits per heavy atom. The number of halogens is 1. The van der Waals surface area contributed by atoms with Gasteiger partial charge in [-0.25, -0.2) is 4.98 Å². The van der Waals surface area contributed by atoms with Crippen molar-refractivity contribution in [1.82, 2.24) is 9.88 Å². The van der Waals surface area contributed by atoms with Crippen LogP contribution in [0.1, 0.15) is 30.6 Å². The second-order valence-corrected chi connectivity index (χ2v) is 6.79. The van der Waals surface area contributed by atoms with Crippen molar-refractivity contribution >= 4 is 17.7 Å². The first kappa shape index (κ1) is 13.3. The number of hydrogen-bond acceptors (Lipinski definition) is 3. The Bertz CT molecular complexity index is 450. The van der Waals surface area contributed by atoms with Gasteiger partial charge >= 0.3 is 0 Å². The van der Waals surface area contributed by atoms with Crippen molar-refractivity contribution in [3.63, 3.8) is 0 Å². The summed E-state index contributed by atoms with van der Waals surface area (Å²) in [6, 6.07) is 3.08. The molecule has 1 aliphatic rings. The summed E-state index contributed by atoms with van der Waals surface area (Å²) in [5, 5.41) is 0. The highest BCUT2D eigenvalue weighted by Crippen LogP contribution is 2.31. The Balaban J connectivity index is 2.13. The van der Waals surface area contributed by atoms with Crippen molar-refractivity contribution in [2.45, 2.75) is 25.0 Å². The average Bonchev–Trinajstić information content (AvgIpc) is 2.50. The van der Waals surface area contributed by atoms with Gasteiger partial charge in [-0.2, -0.15) is 16.2 Å². The van der Waals surface area contributed by atoms with Gasteiger partial charge in [0.25, 0.3) is 5.91 Å². The molecule has 1 aromatic rings. The van der Waals surface area contributed by atoms with Crippen LogP contribution in [0.2, 0.25) is 0 Å². The molecule has 5 heteroatoms. The van der Waals surface area contributed by atoms with Crippen molar-refractivity contribution in [3.8, 4) is 0 Å². The van der Waals surface area contributed by atoms with Crippen LogP contribution in [0.25, 0.3) is 0 Å². The maximum absolute atomic E-state index is 13.5. The van der Waals surface area contributed by atoms with Gasteiger partial charge < -0.3 is 4.90 Å². The van der Waals surface area contributed by atoms with Crippen molar-refractivity contribution in [1.29, 1.82) is 0 Å². The Kier molecular flexibility index (Phi) is 3.90. The fourth-order valence-electron chi connectivity index (χ4n) is 1.94. The Labute approximate surface area is 111 Å². The lowest BCUT2D eigenvalue weighted by Crippen LogP contribution is -2.34. The summed E-state index contributed by atoms with van der Waals surface area (Å²) >= 11 is 1.86. The number of pyridine rings is 1. The summed E-state index contributed by atoms with van der Waals surface area (Å²) < 4.78 is 13.7. The van der Waals surface area contributed by atoms with E-state index in [0.29, 0.717) is 13.1 Å². The lowest BCUT2D eigenvalue weighted by atomic mass is 10.1. The standard InChI is InChI=1S/C13H17FN2OS/c1-13(2)5-7-16(8-9-18-13)12(17)10-4-3-6-15-11(10)14/h3-4,6H,5,7-9H2,1-2H3. The van der Waals surface area contributed by atoms with E-state index in [1.165, 1.54) is 12.3 Å². The van der Waals surface area contributed by atoms with Crippen LogP contribution >= 0.6 is 11.8 Å². The largest absolute Gasteiger partial charge is 0.338 e. The molecule has 0 unspecified atom stereocenters. The summed E-state index contributed by atoms with van der Waals surface area (Å²) in [5.74, 6) is -0.0433. The van der Waals surface area contributed by atoms with E-state index in [2.05, 4.69) is 18.8 Å². The zero-order chi connectivity index (χ0) is 13.2. The molecule has 1 saturated heterocycles. The van der Waals surface area contributed by atoms with E-state index < -0.39 is 5.95 Å². The number of amides is 1. The minimum atomic E-state index is -0.682. The Morgan fingerprint density at radius 2 is 2.28 bits per heavy atom. The summed E-state index contributed by atoms with van der Waals surface area (Å²) in [4.78, 5) is 17.5. The third kappa shape index (κ3) is 3.02. The molecule has 3 nitrogen and oxygen atoms in total. The zero-order valence-corrected chi connectivity index (χ0v) is 11.5. The minimum Gasteiger partial charge on any atom is -0.338 e. The molecule has 0 aromatic carbocycles. The molecule has 2 rings (SSSR count). The van der Waals surface area contributed by atoms with Gasteiger partial charge in [0.2, 0.25) is 5.95 Å². The van der Waals surface area contributed by atoms with Gasteiger partial charge in [-0.15, -0.1) is 0 Å². The van der Waals surface area contributed by atoms with E-state index in [1.54, 1.807) is 11.0 Å². The normalized spacial score (nSPS) is 19.4. The second kappa shape index (κ2) is 5.26. The third-order valence-electron chi connectivity index (χ3n) is 3.11. The molecule has 1 aliphatic heterocycles. The first-order valence-electron chi connectivity index (χ1n) is 6.03. The van der Waals surface area contributed by atoms with E-state index >= 15 is 0 Å². The van der Waals surface area contributed by atoms with Crippen molar-refractivity contribution in [2.75, 3.05) is 18.8 Å². The minimum absolute atomic E-state index is 0.0715. The van der Waals surface area contributed by atoms with E-state index in [0.717, 1.165) is 12.2 Å². The first-order valence-corrected chi connectivity index (χ1v) is 7.02. The molecule has 18 heavy (non-hydrogen) atoms. The number of carbonyl (C=O) groups excluding carboxylic acids is 1. The summed E-state index contributed by atoms with van der Waals surface area (Å²) in [6.45, 7) is 5.70. The molecule has 0 bridgehead atoms. The number of nitrogens with zero attached hydrogens (tertiary/aromatic N) is 2. The van der Waals surface area contributed by atoms with Gasteiger partial charge in [-0.05, 0) is 18.6 Å². The monoisotopic (exact) mass is 268 g/mol. The predicted octanol–water partition coefficient (Wildman–Crippen LogP) is 2.58. The Hall–Kier alpha value is -1.10. The van der Waals surface area contributed by atoms with Gasteiger partial charge in [-0.3, -0.25) is 4.79 Å². The van der Waals surface area contributed by atoms with Gasteiger partial charge in [-0.1, -0.05) is 13.8 Å². The van der Waals surface area contributed by atoms with Gasteiger partial charge in [0.15, 0.2) is 0 Å². The van der Waals surface area contributed by atoms with Crippen LogP contribution in [0.4, 0.5) is 4.39 Å². The molecule has 0 atom stereocenters. The highest BCUT2D eigenvalue weighted by atomic mass is 32.2. The molecule has 1 fully saturated rings. The lowest BCUT2D eigenvalue weighted by molar-refractivity contribution is 0.0759. The third-order valence-corrected chi connectivity index (χ3v) is 4.49. The molecule has 0 aliphatic carbocycles. The number of hydrogen-bond donors (Lipinski definition) is 0. The smallest absolute Gasteiger partial charge is 0.258 e. The fraction of sp³-hybridized carbons (Fsp3) is 0.538.